The highest BCUT2D eigenvalue weighted by Gasteiger charge is 2.30. The van der Waals surface area contributed by atoms with E-state index in [0.29, 0.717) is 22.6 Å². The number of fused-ring (bicyclic) bond motifs is 2. The zero-order valence-electron chi connectivity index (χ0n) is 15.3. The number of benzene rings is 2. The Morgan fingerprint density at radius 1 is 1.00 bits per heavy atom. The number of hydrogen-bond acceptors (Lipinski definition) is 6. The fourth-order valence-electron chi connectivity index (χ4n) is 3.14. The summed E-state index contributed by atoms with van der Waals surface area (Å²) in [5.41, 5.74) is 6.00. The smallest absolute Gasteiger partial charge is 0.269 e. The lowest BCUT2D eigenvalue weighted by atomic mass is 9.98. The molecule has 2 aliphatic heterocycles. The normalized spacial score (nSPS) is 14.4. The number of nitrogens with zero attached hydrogens (tertiary/aromatic N) is 1. The minimum atomic E-state index is -0.532. The van der Waals surface area contributed by atoms with E-state index in [1.54, 1.807) is 30.3 Å². The van der Waals surface area contributed by atoms with Gasteiger partial charge >= 0.3 is 0 Å². The lowest BCUT2D eigenvalue weighted by Gasteiger charge is -2.26. The predicted octanol–water partition coefficient (Wildman–Crippen LogP) is 0.791. The molecule has 2 aromatic carbocycles. The third-order valence-corrected chi connectivity index (χ3v) is 4.65. The molecule has 4 amide bonds. The molecule has 9 nitrogen and oxygen atoms in total. The molecule has 0 fully saturated rings. The van der Waals surface area contributed by atoms with Crippen LogP contribution in [0.2, 0.25) is 0 Å². The van der Waals surface area contributed by atoms with Gasteiger partial charge in [0, 0.05) is 24.1 Å². The summed E-state index contributed by atoms with van der Waals surface area (Å²) in [6.45, 7) is 0.0211. The lowest BCUT2D eigenvalue weighted by Crippen LogP contribution is -2.46. The van der Waals surface area contributed by atoms with Gasteiger partial charge in [-0.3, -0.25) is 34.9 Å². The van der Waals surface area contributed by atoms with Crippen LogP contribution in [0.25, 0.3) is 0 Å². The zero-order valence-corrected chi connectivity index (χ0v) is 15.3. The van der Waals surface area contributed by atoms with Gasteiger partial charge in [0.2, 0.25) is 18.6 Å². The molecule has 0 aliphatic carbocycles. The van der Waals surface area contributed by atoms with E-state index in [0.717, 1.165) is 4.90 Å². The molecule has 148 valence electrons. The van der Waals surface area contributed by atoms with Crippen molar-refractivity contribution in [3.63, 3.8) is 0 Å². The highest BCUT2D eigenvalue weighted by atomic mass is 16.7. The van der Waals surface area contributed by atoms with E-state index < -0.39 is 17.7 Å². The van der Waals surface area contributed by atoms with Crippen molar-refractivity contribution in [2.45, 2.75) is 12.8 Å². The minimum absolute atomic E-state index is 0.0717. The molecular formula is C20H17N3O6. The van der Waals surface area contributed by atoms with Gasteiger partial charge in [-0.15, -0.1) is 0 Å². The topological polar surface area (TPSA) is 114 Å². The summed E-state index contributed by atoms with van der Waals surface area (Å²) in [4.78, 5) is 49.9. The van der Waals surface area contributed by atoms with E-state index in [4.69, 9.17) is 9.47 Å². The van der Waals surface area contributed by atoms with Crippen molar-refractivity contribution in [1.29, 1.82) is 0 Å². The second kappa shape index (κ2) is 7.63. The fraction of sp³-hybridized carbons (Fsp3) is 0.200. The van der Waals surface area contributed by atoms with Gasteiger partial charge in [0.1, 0.15) is 0 Å². The molecule has 2 heterocycles. The Kier molecular flexibility index (Phi) is 4.86. The molecule has 29 heavy (non-hydrogen) atoms. The Labute approximate surface area is 165 Å². The molecule has 4 rings (SSSR count). The van der Waals surface area contributed by atoms with Gasteiger partial charge < -0.3 is 9.47 Å². The first kappa shape index (κ1) is 18.5. The van der Waals surface area contributed by atoms with E-state index in [2.05, 4.69) is 10.9 Å². The number of ether oxygens (including phenoxy) is 2. The predicted molar refractivity (Wildman–Crippen MR) is 99.0 cm³/mol. The third-order valence-electron chi connectivity index (χ3n) is 4.65. The summed E-state index contributed by atoms with van der Waals surface area (Å²) >= 11 is 0. The molecule has 0 radical (unpaired) electrons. The Morgan fingerprint density at radius 3 is 2.66 bits per heavy atom. The number of hydrogen-bond donors (Lipinski definition) is 2. The molecule has 0 bridgehead atoms. The average Bonchev–Trinajstić information content (AvgIpc) is 3.19. The van der Waals surface area contributed by atoms with Crippen LogP contribution < -0.4 is 20.3 Å². The number of amides is 4. The van der Waals surface area contributed by atoms with Crippen molar-refractivity contribution in [1.82, 2.24) is 15.8 Å². The van der Waals surface area contributed by atoms with Crippen LogP contribution in [0.1, 0.15) is 32.7 Å². The van der Waals surface area contributed by atoms with E-state index in [1.807, 2.05) is 0 Å². The standard InChI is InChI=1S/C20H17N3O6/c24-17(21-22-19(26)13-5-6-15-16(9-13)29-11-28-15)7-8-23-18(25)10-12-3-1-2-4-14(12)20(23)27/h1-6,9H,7-8,10-11H2,(H,21,24)(H,22,26). The Hall–Kier alpha value is -3.88. The van der Waals surface area contributed by atoms with Crippen molar-refractivity contribution >= 4 is 23.6 Å². The maximum atomic E-state index is 12.5. The average molecular weight is 395 g/mol. The van der Waals surface area contributed by atoms with Crippen LogP contribution in [0.4, 0.5) is 0 Å². The summed E-state index contributed by atoms with van der Waals surface area (Å²) in [5.74, 6) is -0.844. The molecule has 2 aromatic rings. The maximum Gasteiger partial charge on any atom is 0.269 e. The first-order chi connectivity index (χ1) is 14.0. The SMILES string of the molecule is O=C(CCN1C(=O)Cc2ccccc2C1=O)NNC(=O)c1ccc2c(c1)OCO2. The number of hydrazine groups is 1. The Balaban J connectivity index is 1.30. The van der Waals surface area contributed by atoms with Crippen molar-refractivity contribution in [2.24, 2.45) is 0 Å². The molecule has 0 atom stereocenters. The molecule has 0 unspecified atom stereocenters. The Bertz CT molecular complexity index is 1020. The fourth-order valence-corrected chi connectivity index (χ4v) is 3.14. The van der Waals surface area contributed by atoms with Gasteiger partial charge in [0.25, 0.3) is 11.8 Å². The number of nitrogens with one attached hydrogen (secondary N) is 2. The summed E-state index contributed by atoms with van der Waals surface area (Å²) in [6.07, 6.45) is -0.0224. The molecule has 9 heteroatoms. The first-order valence-corrected chi connectivity index (χ1v) is 8.94. The van der Waals surface area contributed by atoms with Crippen LogP contribution in [0, 0.1) is 0 Å². The number of imide groups is 1. The van der Waals surface area contributed by atoms with Crippen molar-refractivity contribution in [3.05, 3.63) is 59.2 Å². The largest absolute Gasteiger partial charge is 0.454 e. The van der Waals surface area contributed by atoms with Gasteiger partial charge in [0.05, 0.1) is 6.42 Å². The quantitative estimate of drug-likeness (QED) is 0.585. The van der Waals surface area contributed by atoms with Crippen molar-refractivity contribution in [2.75, 3.05) is 13.3 Å². The van der Waals surface area contributed by atoms with E-state index in [1.165, 1.54) is 12.1 Å². The molecule has 0 saturated carbocycles. The first-order valence-electron chi connectivity index (χ1n) is 8.94. The molecule has 2 aliphatic rings. The van der Waals surface area contributed by atoms with Gasteiger partial charge in [0.15, 0.2) is 11.5 Å². The molecule has 0 spiro atoms. The highest BCUT2D eigenvalue weighted by molar-refractivity contribution is 6.09. The van der Waals surface area contributed by atoms with Gasteiger partial charge in [-0.25, -0.2) is 0 Å². The van der Waals surface area contributed by atoms with E-state index in [9.17, 15) is 19.2 Å². The summed E-state index contributed by atoms with van der Waals surface area (Å²) in [6, 6.07) is 11.5. The number of rotatable bonds is 4. The second-order valence-electron chi connectivity index (χ2n) is 6.50. The number of carbonyl (C=O) groups is 4. The summed E-state index contributed by atoms with van der Waals surface area (Å²) in [5, 5.41) is 0. The van der Waals surface area contributed by atoms with E-state index >= 15 is 0 Å². The monoisotopic (exact) mass is 395 g/mol. The van der Waals surface area contributed by atoms with Crippen molar-refractivity contribution in [3.8, 4) is 11.5 Å². The van der Waals surface area contributed by atoms with Gasteiger partial charge in [-0.2, -0.15) is 0 Å². The van der Waals surface area contributed by atoms with Gasteiger partial charge in [-0.1, -0.05) is 18.2 Å². The number of carbonyl (C=O) groups excluding carboxylic acids is 4. The van der Waals surface area contributed by atoms with Crippen molar-refractivity contribution < 1.29 is 28.7 Å². The van der Waals surface area contributed by atoms with E-state index in [-0.39, 0.29) is 37.6 Å². The van der Waals surface area contributed by atoms with Crippen LogP contribution in [0.5, 0.6) is 11.5 Å². The van der Waals surface area contributed by atoms with Crippen LogP contribution >= 0.6 is 0 Å². The summed E-state index contributed by atoms with van der Waals surface area (Å²) < 4.78 is 10.4. The minimum Gasteiger partial charge on any atom is -0.454 e. The highest BCUT2D eigenvalue weighted by Crippen LogP contribution is 2.32. The maximum absolute atomic E-state index is 12.5. The molecular weight excluding hydrogens is 378 g/mol. The Morgan fingerprint density at radius 2 is 1.79 bits per heavy atom. The summed E-state index contributed by atoms with van der Waals surface area (Å²) in [7, 11) is 0. The lowest BCUT2D eigenvalue weighted by molar-refractivity contribution is -0.129. The molecule has 2 N–H and O–H groups in total. The second-order valence-corrected chi connectivity index (χ2v) is 6.50. The van der Waals surface area contributed by atoms with Crippen LogP contribution in [0.15, 0.2) is 42.5 Å². The third kappa shape index (κ3) is 3.75. The molecule has 0 aromatic heterocycles. The molecule has 0 saturated heterocycles. The van der Waals surface area contributed by atoms with Crippen LogP contribution in [-0.4, -0.2) is 41.9 Å². The van der Waals surface area contributed by atoms with Crippen LogP contribution in [-0.2, 0) is 16.0 Å². The van der Waals surface area contributed by atoms with Crippen LogP contribution in [0.3, 0.4) is 0 Å². The zero-order chi connectivity index (χ0) is 20.4. The van der Waals surface area contributed by atoms with Gasteiger partial charge in [-0.05, 0) is 29.8 Å².